The molecule has 34 heavy (non-hydrogen) atoms. The fourth-order valence-electron chi connectivity index (χ4n) is 4.05. The van der Waals surface area contributed by atoms with Gasteiger partial charge in [-0.1, -0.05) is 72.3 Å². The van der Waals surface area contributed by atoms with E-state index in [1.165, 1.54) is 4.31 Å². The topological polar surface area (TPSA) is 78.8 Å². The monoisotopic (exact) mass is 475 g/mol. The minimum Gasteiger partial charge on any atom is -0.273 e. The molecule has 0 unspecified atom stereocenters. The maximum Gasteiger partial charge on any atom is 0.243 e. The van der Waals surface area contributed by atoms with Gasteiger partial charge in [0.15, 0.2) is 0 Å². The van der Waals surface area contributed by atoms with Crippen molar-refractivity contribution in [3.63, 3.8) is 0 Å². The molecule has 1 aliphatic rings. The molecule has 1 saturated heterocycles. The molecule has 7 heteroatoms. The lowest BCUT2D eigenvalue weighted by Crippen LogP contribution is -2.42. The summed E-state index contributed by atoms with van der Waals surface area (Å²) in [6.07, 6.45) is 0.939. The molecule has 1 heterocycles. The number of hydrogen-bond donors (Lipinski definition) is 1. The quantitative estimate of drug-likeness (QED) is 0.418. The number of nitrogens with zero attached hydrogens (tertiary/aromatic N) is 2. The van der Waals surface area contributed by atoms with Crippen molar-refractivity contribution < 1.29 is 13.2 Å². The molecule has 0 aromatic heterocycles. The Morgan fingerprint density at radius 2 is 1.47 bits per heavy atom. The van der Waals surface area contributed by atoms with Gasteiger partial charge in [0.25, 0.3) is 0 Å². The van der Waals surface area contributed by atoms with Crippen molar-refractivity contribution in [2.24, 2.45) is 11.0 Å². The van der Waals surface area contributed by atoms with Crippen molar-refractivity contribution in [2.45, 2.75) is 31.6 Å². The van der Waals surface area contributed by atoms with Crippen LogP contribution in [0.2, 0.25) is 0 Å². The average molecular weight is 476 g/mol. The number of amides is 1. The smallest absolute Gasteiger partial charge is 0.243 e. The molecule has 0 saturated carbocycles. The number of carbonyl (C=O) groups is 1. The molecular formula is C27H29N3O3S. The van der Waals surface area contributed by atoms with E-state index in [-0.39, 0.29) is 11.8 Å². The summed E-state index contributed by atoms with van der Waals surface area (Å²) < 4.78 is 27.2. The van der Waals surface area contributed by atoms with Crippen LogP contribution < -0.4 is 5.43 Å². The first-order valence-corrected chi connectivity index (χ1v) is 12.9. The standard InChI is InChI=1S/C27H29N3O3S/c1-20-8-14-26(15-9-20)34(32,33)30-18-16-25(17-19-30)27(31)29-28-21(2)22-10-12-24(13-11-22)23-6-4-3-5-7-23/h3-15,25H,16-19H2,1-2H3,(H,29,31). The maximum absolute atomic E-state index is 12.9. The molecule has 1 aliphatic heterocycles. The summed E-state index contributed by atoms with van der Waals surface area (Å²) in [6, 6.07) is 25.0. The molecule has 0 spiro atoms. The zero-order valence-corrected chi connectivity index (χ0v) is 20.3. The van der Waals surface area contributed by atoms with Gasteiger partial charge in [-0.2, -0.15) is 9.41 Å². The molecule has 4 rings (SSSR count). The van der Waals surface area contributed by atoms with Crippen LogP contribution in [0.25, 0.3) is 11.1 Å². The summed E-state index contributed by atoms with van der Waals surface area (Å²) >= 11 is 0. The Labute approximate surface area is 201 Å². The van der Waals surface area contributed by atoms with E-state index >= 15 is 0 Å². The van der Waals surface area contributed by atoms with Gasteiger partial charge in [0.05, 0.1) is 10.6 Å². The van der Waals surface area contributed by atoms with Gasteiger partial charge in [0.1, 0.15) is 0 Å². The van der Waals surface area contributed by atoms with Crippen molar-refractivity contribution in [1.29, 1.82) is 0 Å². The van der Waals surface area contributed by atoms with E-state index in [1.54, 1.807) is 24.3 Å². The third-order valence-electron chi connectivity index (χ3n) is 6.23. The number of hydrazone groups is 1. The second-order valence-electron chi connectivity index (χ2n) is 8.61. The number of piperidine rings is 1. The molecule has 176 valence electrons. The Morgan fingerprint density at radius 3 is 2.09 bits per heavy atom. The van der Waals surface area contributed by atoms with E-state index in [0.29, 0.717) is 36.5 Å². The lowest BCUT2D eigenvalue weighted by molar-refractivity contribution is -0.126. The number of sulfonamides is 1. The van der Waals surface area contributed by atoms with Crippen LogP contribution in [0.15, 0.2) is 88.9 Å². The average Bonchev–Trinajstić information content (AvgIpc) is 2.88. The Kier molecular flexibility index (Phi) is 7.24. The van der Waals surface area contributed by atoms with Gasteiger partial charge in [-0.25, -0.2) is 13.8 Å². The third kappa shape index (κ3) is 5.43. The Bertz CT molecular complexity index is 1260. The predicted molar refractivity (Wildman–Crippen MR) is 135 cm³/mol. The predicted octanol–water partition coefficient (Wildman–Crippen LogP) is 4.60. The van der Waals surface area contributed by atoms with Gasteiger partial charge in [0.2, 0.25) is 15.9 Å². The number of benzene rings is 3. The highest BCUT2D eigenvalue weighted by Crippen LogP contribution is 2.24. The number of aryl methyl sites for hydroxylation is 1. The Morgan fingerprint density at radius 1 is 0.882 bits per heavy atom. The summed E-state index contributed by atoms with van der Waals surface area (Å²) in [4.78, 5) is 12.9. The maximum atomic E-state index is 12.9. The largest absolute Gasteiger partial charge is 0.273 e. The second kappa shape index (κ2) is 10.3. The lowest BCUT2D eigenvalue weighted by Gasteiger charge is -2.30. The molecule has 1 fully saturated rings. The third-order valence-corrected chi connectivity index (χ3v) is 8.14. The summed E-state index contributed by atoms with van der Waals surface area (Å²) in [7, 11) is -3.54. The van der Waals surface area contributed by atoms with Crippen LogP contribution in [0.3, 0.4) is 0 Å². The molecular weight excluding hydrogens is 446 g/mol. The molecule has 1 N–H and O–H groups in total. The van der Waals surface area contributed by atoms with Crippen LogP contribution in [0.4, 0.5) is 0 Å². The van der Waals surface area contributed by atoms with Gasteiger partial charge in [-0.05, 0) is 55.5 Å². The van der Waals surface area contributed by atoms with E-state index < -0.39 is 10.0 Å². The molecule has 0 aliphatic carbocycles. The van der Waals surface area contributed by atoms with E-state index in [0.717, 1.165) is 22.3 Å². The van der Waals surface area contributed by atoms with Gasteiger partial charge >= 0.3 is 0 Å². The number of hydrogen-bond acceptors (Lipinski definition) is 4. The second-order valence-corrected chi connectivity index (χ2v) is 10.5. The highest BCUT2D eigenvalue weighted by atomic mass is 32.2. The fourth-order valence-corrected chi connectivity index (χ4v) is 5.52. The van der Waals surface area contributed by atoms with Crippen LogP contribution in [0.5, 0.6) is 0 Å². The number of nitrogens with one attached hydrogen (secondary N) is 1. The van der Waals surface area contributed by atoms with Crippen LogP contribution in [0.1, 0.15) is 30.9 Å². The van der Waals surface area contributed by atoms with E-state index in [1.807, 2.05) is 56.3 Å². The first kappa shape index (κ1) is 23.9. The number of carbonyl (C=O) groups excluding carboxylic acids is 1. The molecule has 0 radical (unpaired) electrons. The SMILES string of the molecule is CC(=NNC(=O)C1CCN(S(=O)(=O)c2ccc(C)cc2)CC1)c1ccc(-c2ccccc2)cc1. The van der Waals surface area contributed by atoms with Gasteiger partial charge in [-0.3, -0.25) is 4.79 Å². The fraction of sp³-hybridized carbons (Fsp3) is 0.259. The molecule has 0 bridgehead atoms. The first-order valence-electron chi connectivity index (χ1n) is 11.4. The van der Waals surface area contributed by atoms with Crippen molar-refractivity contribution >= 4 is 21.6 Å². The minimum atomic E-state index is -3.54. The van der Waals surface area contributed by atoms with Crippen LogP contribution in [-0.2, 0) is 14.8 Å². The summed E-state index contributed by atoms with van der Waals surface area (Å²) in [5.74, 6) is -0.436. The van der Waals surface area contributed by atoms with Crippen molar-refractivity contribution in [1.82, 2.24) is 9.73 Å². The highest BCUT2D eigenvalue weighted by Gasteiger charge is 2.32. The van der Waals surface area contributed by atoms with E-state index in [2.05, 4.69) is 22.7 Å². The zero-order chi connectivity index (χ0) is 24.1. The van der Waals surface area contributed by atoms with Gasteiger partial charge in [-0.15, -0.1) is 0 Å². The summed E-state index contributed by atoms with van der Waals surface area (Å²) in [5.41, 5.74) is 7.59. The number of rotatable bonds is 6. The van der Waals surface area contributed by atoms with Gasteiger partial charge in [0, 0.05) is 19.0 Å². The van der Waals surface area contributed by atoms with Crippen LogP contribution in [0, 0.1) is 12.8 Å². The summed E-state index contributed by atoms with van der Waals surface area (Å²) in [6.45, 7) is 4.41. The van der Waals surface area contributed by atoms with Crippen molar-refractivity contribution in [2.75, 3.05) is 13.1 Å². The van der Waals surface area contributed by atoms with Crippen LogP contribution in [-0.4, -0.2) is 37.4 Å². The van der Waals surface area contributed by atoms with E-state index in [9.17, 15) is 13.2 Å². The summed E-state index contributed by atoms with van der Waals surface area (Å²) in [5, 5.41) is 4.28. The van der Waals surface area contributed by atoms with Crippen molar-refractivity contribution in [3.8, 4) is 11.1 Å². The van der Waals surface area contributed by atoms with Crippen molar-refractivity contribution in [3.05, 3.63) is 90.0 Å². The Balaban J connectivity index is 1.32. The molecule has 6 nitrogen and oxygen atoms in total. The lowest BCUT2D eigenvalue weighted by atomic mass is 9.98. The zero-order valence-electron chi connectivity index (χ0n) is 19.4. The normalized spacial score (nSPS) is 15.8. The molecule has 3 aromatic carbocycles. The minimum absolute atomic E-state index is 0.173. The Hall–Kier alpha value is -3.29. The molecule has 0 atom stereocenters. The van der Waals surface area contributed by atoms with Crippen LogP contribution >= 0.6 is 0 Å². The first-order chi connectivity index (χ1) is 16.3. The van der Waals surface area contributed by atoms with Gasteiger partial charge < -0.3 is 0 Å². The van der Waals surface area contributed by atoms with E-state index in [4.69, 9.17) is 0 Å². The highest BCUT2D eigenvalue weighted by molar-refractivity contribution is 7.89. The molecule has 1 amide bonds. The molecule has 3 aromatic rings.